The molecule has 4 rings (SSSR count). The first-order chi connectivity index (χ1) is 13.9. The number of nitrogens with one attached hydrogen (secondary N) is 2. The summed E-state index contributed by atoms with van der Waals surface area (Å²) in [4.78, 5) is 33.7. The van der Waals surface area contributed by atoms with Crippen molar-refractivity contribution in [3.05, 3.63) is 24.0 Å². The topological polar surface area (TPSA) is 87.3 Å². The molecule has 2 aromatic heterocycles. The highest BCUT2D eigenvalue weighted by molar-refractivity contribution is 6.04. The van der Waals surface area contributed by atoms with Crippen molar-refractivity contribution in [2.75, 3.05) is 25.0 Å². The highest BCUT2D eigenvalue weighted by Gasteiger charge is 2.62. The summed E-state index contributed by atoms with van der Waals surface area (Å²) in [5.74, 6) is -4.99. The van der Waals surface area contributed by atoms with Crippen LogP contribution in [0.25, 0.3) is 11.0 Å². The number of fused-ring (bicyclic) bond motifs is 1. The second kappa shape index (κ2) is 7.61. The number of aromatic amines is 1. The number of piperidine rings is 1. The van der Waals surface area contributed by atoms with E-state index in [0.717, 1.165) is 11.8 Å². The summed E-state index contributed by atoms with van der Waals surface area (Å²) in [6.45, 7) is 3.02. The Hall–Kier alpha value is -2.71. The van der Waals surface area contributed by atoms with Gasteiger partial charge in [0.25, 0.3) is 5.92 Å². The van der Waals surface area contributed by atoms with Gasteiger partial charge in [-0.2, -0.15) is 0 Å². The van der Waals surface area contributed by atoms with Crippen LogP contribution in [0, 0.1) is 5.92 Å². The van der Waals surface area contributed by atoms with Crippen molar-refractivity contribution >= 4 is 28.6 Å². The molecule has 1 saturated heterocycles. The number of ether oxygens (including phenoxy) is 1. The van der Waals surface area contributed by atoms with Gasteiger partial charge in [-0.15, -0.1) is 0 Å². The molecule has 0 radical (unpaired) electrons. The van der Waals surface area contributed by atoms with Gasteiger partial charge in [-0.1, -0.05) is 6.92 Å². The van der Waals surface area contributed by atoms with Gasteiger partial charge in [0.05, 0.1) is 12.3 Å². The molecule has 2 aromatic rings. The van der Waals surface area contributed by atoms with Gasteiger partial charge in [-0.25, -0.2) is 18.6 Å². The first-order valence-corrected chi connectivity index (χ1v) is 9.97. The van der Waals surface area contributed by atoms with Crippen LogP contribution in [-0.2, 0) is 9.53 Å². The number of rotatable bonds is 6. The molecular weight excluding hydrogens is 382 g/mol. The number of anilines is 1. The van der Waals surface area contributed by atoms with Crippen molar-refractivity contribution in [1.82, 2.24) is 14.9 Å². The number of esters is 1. The number of pyridine rings is 1. The van der Waals surface area contributed by atoms with Crippen LogP contribution >= 0.6 is 0 Å². The van der Waals surface area contributed by atoms with E-state index in [1.54, 1.807) is 6.20 Å². The molecule has 0 bridgehead atoms. The van der Waals surface area contributed by atoms with Crippen LogP contribution in [0.5, 0.6) is 0 Å². The number of carbonyl (C=O) groups excluding carboxylic acids is 2. The van der Waals surface area contributed by atoms with Crippen LogP contribution in [0.2, 0.25) is 0 Å². The lowest BCUT2D eigenvalue weighted by molar-refractivity contribution is -0.135. The number of hydrogen-bond donors (Lipinski definition) is 2. The van der Waals surface area contributed by atoms with Crippen LogP contribution < -0.4 is 5.32 Å². The molecular formula is C20H24F2N4O3. The maximum Gasteiger partial charge on any atom is 0.341 e. The first kappa shape index (κ1) is 19.6. The molecule has 9 heteroatoms. The van der Waals surface area contributed by atoms with Crippen LogP contribution in [0.15, 0.2) is 18.5 Å². The van der Waals surface area contributed by atoms with Gasteiger partial charge in [0.1, 0.15) is 17.1 Å². The van der Waals surface area contributed by atoms with Gasteiger partial charge in [-0.05, 0) is 25.3 Å². The highest BCUT2D eigenvalue weighted by atomic mass is 19.3. The normalized spacial score (nSPS) is 23.1. The van der Waals surface area contributed by atoms with E-state index in [0.29, 0.717) is 49.4 Å². The smallest absolute Gasteiger partial charge is 0.341 e. The molecule has 2 atom stereocenters. The standard InChI is InChI=1S/C20H24F2N4O3/c1-2-8-29-19(28)14-10-24-17-13(5-6-23-17)16(14)25-12-4-3-7-26(11-12)18(27)15-9-20(15,21)22/h5-6,10,12,15H,2-4,7-9,11H2,1H3,(H2,23,24,25)/t12?,15-/m1/s1. The van der Waals surface area contributed by atoms with Crippen LogP contribution in [0.3, 0.4) is 0 Å². The Kier molecular flexibility index (Phi) is 5.14. The fraction of sp³-hybridized carbons (Fsp3) is 0.550. The molecule has 0 spiro atoms. The Morgan fingerprint density at radius 1 is 1.45 bits per heavy atom. The second-order valence-corrected chi connectivity index (χ2v) is 7.71. The number of nitrogens with zero attached hydrogens (tertiary/aromatic N) is 2. The van der Waals surface area contributed by atoms with Crippen molar-refractivity contribution in [2.45, 2.75) is 44.6 Å². The van der Waals surface area contributed by atoms with Gasteiger partial charge in [-0.3, -0.25) is 4.79 Å². The summed E-state index contributed by atoms with van der Waals surface area (Å²) in [5.41, 5.74) is 1.54. The first-order valence-electron chi connectivity index (χ1n) is 9.97. The quantitative estimate of drug-likeness (QED) is 0.720. The lowest BCUT2D eigenvalue weighted by Gasteiger charge is -2.34. The van der Waals surface area contributed by atoms with Crippen LogP contribution in [-0.4, -0.2) is 58.4 Å². The minimum atomic E-state index is -2.87. The molecule has 1 aliphatic heterocycles. The fourth-order valence-corrected chi connectivity index (χ4v) is 3.79. The summed E-state index contributed by atoms with van der Waals surface area (Å²) in [7, 11) is 0. The third kappa shape index (κ3) is 3.90. The van der Waals surface area contributed by atoms with E-state index < -0.39 is 23.7 Å². The Morgan fingerprint density at radius 2 is 2.24 bits per heavy atom. The maximum absolute atomic E-state index is 13.3. The predicted molar refractivity (Wildman–Crippen MR) is 103 cm³/mol. The SMILES string of the molecule is CCCOC(=O)c1cnc2[nH]ccc2c1NC1CCCN(C(=O)[C@H]2CC2(F)F)C1. The van der Waals surface area contributed by atoms with Crippen molar-refractivity contribution in [3.8, 4) is 0 Å². The molecule has 7 nitrogen and oxygen atoms in total. The zero-order chi connectivity index (χ0) is 20.6. The number of likely N-dealkylation sites (tertiary alicyclic amines) is 1. The number of amides is 1. The lowest BCUT2D eigenvalue weighted by atomic mass is 10.0. The Morgan fingerprint density at radius 3 is 2.97 bits per heavy atom. The third-order valence-electron chi connectivity index (χ3n) is 5.45. The van der Waals surface area contributed by atoms with E-state index in [2.05, 4.69) is 15.3 Å². The van der Waals surface area contributed by atoms with Gasteiger partial charge in [0, 0.05) is 43.3 Å². The Labute approximate surface area is 166 Å². The monoisotopic (exact) mass is 406 g/mol. The number of H-pyrrole nitrogens is 1. The van der Waals surface area contributed by atoms with E-state index in [1.165, 1.54) is 11.1 Å². The van der Waals surface area contributed by atoms with Gasteiger partial charge < -0.3 is 19.9 Å². The summed E-state index contributed by atoms with van der Waals surface area (Å²) in [6.07, 6.45) is 5.02. The number of aromatic nitrogens is 2. The summed E-state index contributed by atoms with van der Waals surface area (Å²) < 4.78 is 31.9. The molecule has 1 saturated carbocycles. The average Bonchev–Trinajstić information content (AvgIpc) is 3.12. The number of carbonyl (C=O) groups is 2. The maximum atomic E-state index is 13.3. The summed E-state index contributed by atoms with van der Waals surface area (Å²) in [5, 5.41) is 4.10. The van der Waals surface area contributed by atoms with Gasteiger partial charge in [0.2, 0.25) is 5.91 Å². The van der Waals surface area contributed by atoms with Gasteiger partial charge in [0.15, 0.2) is 0 Å². The summed E-state index contributed by atoms with van der Waals surface area (Å²) in [6, 6.07) is 1.66. The van der Waals surface area contributed by atoms with E-state index in [-0.39, 0.29) is 12.5 Å². The van der Waals surface area contributed by atoms with Crippen molar-refractivity contribution < 1.29 is 23.1 Å². The molecule has 1 unspecified atom stereocenters. The minimum Gasteiger partial charge on any atom is -0.462 e. The second-order valence-electron chi connectivity index (χ2n) is 7.71. The summed E-state index contributed by atoms with van der Waals surface area (Å²) >= 11 is 0. The third-order valence-corrected chi connectivity index (χ3v) is 5.45. The Balaban J connectivity index is 1.54. The molecule has 2 aliphatic rings. The van der Waals surface area contributed by atoms with E-state index in [1.807, 2.05) is 13.0 Å². The molecule has 2 fully saturated rings. The van der Waals surface area contributed by atoms with Crippen LogP contribution in [0.1, 0.15) is 43.0 Å². The largest absolute Gasteiger partial charge is 0.462 e. The number of hydrogen-bond acceptors (Lipinski definition) is 5. The molecule has 0 aromatic carbocycles. The van der Waals surface area contributed by atoms with Crippen molar-refractivity contribution in [3.63, 3.8) is 0 Å². The molecule has 1 amide bonds. The molecule has 156 valence electrons. The zero-order valence-corrected chi connectivity index (χ0v) is 16.2. The number of halogens is 2. The molecule has 2 N–H and O–H groups in total. The average molecular weight is 406 g/mol. The fourth-order valence-electron chi connectivity index (χ4n) is 3.79. The van der Waals surface area contributed by atoms with Crippen molar-refractivity contribution in [2.24, 2.45) is 5.92 Å². The molecule has 29 heavy (non-hydrogen) atoms. The Bertz CT molecular complexity index is 930. The zero-order valence-electron chi connectivity index (χ0n) is 16.2. The lowest BCUT2D eigenvalue weighted by Crippen LogP contribution is -2.46. The number of alkyl halides is 2. The van der Waals surface area contributed by atoms with Crippen molar-refractivity contribution in [1.29, 1.82) is 0 Å². The van der Waals surface area contributed by atoms with E-state index in [4.69, 9.17) is 4.74 Å². The van der Waals surface area contributed by atoms with E-state index >= 15 is 0 Å². The minimum absolute atomic E-state index is 0.154. The van der Waals surface area contributed by atoms with E-state index in [9.17, 15) is 18.4 Å². The predicted octanol–water partition coefficient (Wildman–Crippen LogP) is 3.19. The molecule has 3 heterocycles. The van der Waals surface area contributed by atoms with Crippen LogP contribution in [0.4, 0.5) is 14.5 Å². The molecule has 1 aliphatic carbocycles. The van der Waals surface area contributed by atoms with Gasteiger partial charge >= 0.3 is 5.97 Å². The highest BCUT2D eigenvalue weighted by Crippen LogP contribution is 2.49.